The van der Waals surface area contributed by atoms with E-state index in [1.54, 1.807) is 25.1 Å². The van der Waals surface area contributed by atoms with E-state index in [0.717, 1.165) is 17.0 Å². The van der Waals surface area contributed by atoms with Gasteiger partial charge in [0.2, 0.25) is 5.91 Å². The van der Waals surface area contributed by atoms with Gasteiger partial charge in [-0.2, -0.15) is 13.2 Å². The molecule has 1 atom stereocenters. The number of alkyl halides is 3. The van der Waals surface area contributed by atoms with Crippen molar-refractivity contribution >= 4 is 35.0 Å². The highest BCUT2D eigenvalue weighted by Gasteiger charge is 2.33. The fourth-order valence-electron chi connectivity index (χ4n) is 2.21. The molecule has 0 saturated heterocycles. The van der Waals surface area contributed by atoms with Crippen LogP contribution in [0.15, 0.2) is 41.3 Å². The van der Waals surface area contributed by atoms with Crippen molar-refractivity contribution in [2.45, 2.75) is 23.2 Å². The van der Waals surface area contributed by atoms with E-state index in [2.05, 4.69) is 5.32 Å². The minimum absolute atomic E-state index is 0.0245. The Morgan fingerprint density at radius 1 is 1.11 bits per heavy atom. The highest BCUT2D eigenvalue weighted by Crippen LogP contribution is 2.37. The van der Waals surface area contributed by atoms with E-state index in [0.29, 0.717) is 11.5 Å². The number of anilines is 1. The van der Waals surface area contributed by atoms with Crippen LogP contribution in [0.25, 0.3) is 0 Å². The van der Waals surface area contributed by atoms with Gasteiger partial charge in [0.15, 0.2) is 11.5 Å². The van der Waals surface area contributed by atoms with E-state index < -0.39 is 27.9 Å². The zero-order valence-electron chi connectivity index (χ0n) is 14.7. The van der Waals surface area contributed by atoms with Gasteiger partial charge in [-0.3, -0.25) is 4.79 Å². The molecule has 0 unspecified atom stereocenters. The molecule has 0 fully saturated rings. The lowest BCUT2D eigenvalue weighted by Crippen LogP contribution is -2.22. The maximum atomic E-state index is 12.9. The van der Waals surface area contributed by atoms with E-state index >= 15 is 0 Å². The molecule has 9 heteroatoms. The van der Waals surface area contributed by atoms with Gasteiger partial charge in [-0.1, -0.05) is 11.6 Å². The molecule has 0 bridgehead atoms. The first-order chi connectivity index (χ1) is 12.7. The van der Waals surface area contributed by atoms with Crippen LogP contribution < -0.4 is 14.8 Å². The first-order valence-corrected chi connectivity index (χ1v) is 8.97. The summed E-state index contributed by atoms with van der Waals surface area (Å²) in [5.74, 6) is 0.632. The fourth-order valence-corrected chi connectivity index (χ4v) is 3.33. The summed E-state index contributed by atoms with van der Waals surface area (Å²) >= 11 is 6.82. The van der Waals surface area contributed by atoms with Crippen LogP contribution in [0, 0.1) is 0 Å². The van der Waals surface area contributed by atoms with Crippen LogP contribution in [-0.2, 0) is 11.0 Å². The van der Waals surface area contributed by atoms with Gasteiger partial charge in [0, 0.05) is 10.6 Å². The van der Waals surface area contributed by atoms with Crippen molar-refractivity contribution in [3.63, 3.8) is 0 Å². The van der Waals surface area contributed by atoms with Gasteiger partial charge in [0.05, 0.1) is 30.1 Å². The first kappa shape index (κ1) is 21.2. The van der Waals surface area contributed by atoms with E-state index in [1.165, 1.54) is 32.0 Å². The van der Waals surface area contributed by atoms with Gasteiger partial charge in [-0.25, -0.2) is 0 Å². The lowest BCUT2D eigenvalue weighted by atomic mass is 10.2. The minimum Gasteiger partial charge on any atom is -0.493 e. The molecule has 0 heterocycles. The van der Waals surface area contributed by atoms with Crippen LogP contribution in [0.2, 0.25) is 5.02 Å². The third-order valence-electron chi connectivity index (χ3n) is 3.58. The molecule has 0 aliphatic carbocycles. The number of carbonyl (C=O) groups is 1. The normalized spacial score (nSPS) is 12.4. The van der Waals surface area contributed by atoms with Gasteiger partial charge >= 0.3 is 6.18 Å². The minimum atomic E-state index is -4.60. The Balaban J connectivity index is 2.10. The zero-order valence-corrected chi connectivity index (χ0v) is 16.3. The van der Waals surface area contributed by atoms with Crippen molar-refractivity contribution in [2.75, 3.05) is 19.5 Å². The van der Waals surface area contributed by atoms with Gasteiger partial charge in [0.1, 0.15) is 0 Å². The molecule has 0 spiro atoms. The highest BCUT2D eigenvalue weighted by atomic mass is 35.5. The monoisotopic (exact) mass is 419 g/mol. The van der Waals surface area contributed by atoms with Crippen LogP contribution in [0.4, 0.5) is 18.9 Å². The summed E-state index contributed by atoms with van der Waals surface area (Å²) in [4.78, 5) is 13.1. The smallest absolute Gasteiger partial charge is 0.417 e. The molecule has 146 valence electrons. The molecule has 1 amide bonds. The van der Waals surface area contributed by atoms with Crippen LogP contribution in [0.3, 0.4) is 0 Å². The summed E-state index contributed by atoms with van der Waals surface area (Å²) in [6.07, 6.45) is -4.60. The summed E-state index contributed by atoms with van der Waals surface area (Å²) in [5, 5.41) is 1.49. The molecule has 2 aromatic carbocycles. The van der Waals surface area contributed by atoms with E-state index in [-0.39, 0.29) is 5.69 Å². The molecule has 1 N–H and O–H groups in total. The van der Waals surface area contributed by atoms with Crippen LogP contribution in [-0.4, -0.2) is 25.4 Å². The molecule has 4 nitrogen and oxygen atoms in total. The van der Waals surface area contributed by atoms with E-state index in [1.807, 2.05) is 0 Å². The maximum Gasteiger partial charge on any atom is 0.417 e. The third kappa shape index (κ3) is 5.46. The second-order valence-corrected chi connectivity index (χ2v) is 7.28. The number of halogens is 4. The van der Waals surface area contributed by atoms with Crippen molar-refractivity contribution in [2.24, 2.45) is 0 Å². The molecule has 2 aromatic rings. The number of thioether (sulfide) groups is 1. The van der Waals surface area contributed by atoms with Crippen molar-refractivity contribution in [1.29, 1.82) is 0 Å². The Morgan fingerprint density at radius 3 is 2.37 bits per heavy atom. The maximum absolute atomic E-state index is 12.9. The molecule has 27 heavy (non-hydrogen) atoms. The van der Waals surface area contributed by atoms with Crippen molar-refractivity contribution in [1.82, 2.24) is 0 Å². The van der Waals surface area contributed by atoms with Gasteiger partial charge in [-0.15, -0.1) is 11.8 Å². The summed E-state index contributed by atoms with van der Waals surface area (Å²) in [7, 11) is 3.02. The molecule has 0 radical (unpaired) electrons. The number of hydrogen-bond donors (Lipinski definition) is 1. The molecule has 0 aliphatic heterocycles. The second kappa shape index (κ2) is 8.75. The number of methoxy groups -OCH3 is 2. The lowest BCUT2D eigenvalue weighted by molar-refractivity contribution is -0.137. The van der Waals surface area contributed by atoms with Gasteiger partial charge in [-0.05, 0) is 43.3 Å². The number of amides is 1. The van der Waals surface area contributed by atoms with Gasteiger partial charge in [0.25, 0.3) is 0 Å². The summed E-state index contributed by atoms with van der Waals surface area (Å²) in [6.45, 7) is 1.65. The number of carbonyl (C=O) groups excluding carboxylic acids is 1. The van der Waals surface area contributed by atoms with Crippen LogP contribution >= 0.6 is 23.4 Å². The predicted octanol–water partition coefficient (Wildman–Crippen LogP) is 5.50. The molecule has 0 aliphatic rings. The average molecular weight is 420 g/mol. The highest BCUT2D eigenvalue weighted by molar-refractivity contribution is 8.00. The Hall–Kier alpha value is -2.06. The molecule has 0 aromatic heterocycles. The largest absolute Gasteiger partial charge is 0.493 e. The summed E-state index contributed by atoms with van der Waals surface area (Å²) < 4.78 is 49.1. The van der Waals surface area contributed by atoms with E-state index in [9.17, 15) is 18.0 Å². The molecule has 2 rings (SSSR count). The Kier molecular flexibility index (Phi) is 6.89. The van der Waals surface area contributed by atoms with E-state index in [4.69, 9.17) is 21.1 Å². The number of benzene rings is 2. The average Bonchev–Trinajstić information content (AvgIpc) is 2.62. The Bertz CT molecular complexity index is 830. The Labute approximate surface area is 164 Å². The molecular formula is C18H17ClF3NO3S. The first-order valence-electron chi connectivity index (χ1n) is 7.72. The van der Waals surface area contributed by atoms with Crippen molar-refractivity contribution < 1.29 is 27.4 Å². The lowest BCUT2D eigenvalue weighted by Gasteiger charge is -2.15. The number of ether oxygens (including phenoxy) is 2. The number of hydrogen-bond acceptors (Lipinski definition) is 4. The number of rotatable bonds is 6. The van der Waals surface area contributed by atoms with Crippen molar-refractivity contribution in [3.8, 4) is 11.5 Å². The topological polar surface area (TPSA) is 47.6 Å². The second-order valence-electron chi connectivity index (χ2n) is 5.46. The number of nitrogens with one attached hydrogen (secondary N) is 1. The Morgan fingerprint density at radius 2 is 1.78 bits per heavy atom. The van der Waals surface area contributed by atoms with Crippen LogP contribution in [0.5, 0.6) is 11.5 Å². The van der Waals surface area contributed by atoms with Gasteiger partial charge < -0.3 is 14.8 Å². The molecule has 0 saturated carbocycles. The quantitative estimate of drug-likeness (QED) is 0.628. The molecular weight excluding hydrogens is 403 g/mol. The third-order valence-corrected chi connectivity index (χ3v) is 5.00. The standard InChI is InChI=1S/C18H17ClF3NO3S/c1-10(27-12-5-7-15(25-2)16(9-12)26-3)17(24)23-11-4-6-14(19)13(8-11)18(20,21)22/h4-10H,1-3H3,(H,23,24)/t10-/m0/s1. The summed E-state index contributed by atoms with van der Waals surface area (Å²) in [5.41, 5.74) is -0.973. The predicted molar refractivity (Wildman–Crippen MR) is 99.9 cm³/mol. The summed E-state index contributed by atoms with van der Waals surface area (Å²) in [6, 6.07) is 8.43. The SMILES string of the molecule is COc1ccc(S[C@@H](C)C(=O)Nc2ccc(Cl)c(C(F)(F)F)c2)cc1OC. The zero-order chi connectivity index (χ0) is 20.2. The fraction of sp³-hybridized carbons (Fsp3) is 0.278. The van der Waals surface area contributed by atoms with Crippen LogP contribution in [0.1, 0.15) is 12.5 Å². The van der Waals surface area contributed by atoms with Crippen molar-refractivity contribution in [3.05, 3.63) is 47.0 Å².